The van der Waals surface area contributed by atoms with Gasteiger partial charge in [0, 0.05) is 17.2 Å². The Labute approximate surface area is 130 Å². The van der Waals surface area contributed by atoms with E-state index in [2.05, 4.69) is 26.2 Å². The van der Waals surface area contributed by atoms with Crippen LogP contribution in [0.1, 0.15) is 5.56 Å². The molecule has 0 aliphatic carbocycles. The molecule has 4 nitrogen and oxygen atoms in total. The van der Waals surface area contributed by atoms with E-state index in [0.29, 0.717) is 17.4 Å². The number of aromatic nitrogens is 1. The normalized spacial score (nSPS) is 9.85. The van der Waals surface area contributed by atoms with Crippen LogP contribution < -0.4 is 10.1 Å². The molecule has 1 heterocycles. The minimum absolute atomic E-state index is 0.0525. The molecule has 0 atom stereocenters. The maximum Gasteiger partial charge on any atom is 0.174 e. The van der Waals surface area contributed by atoms with Crippen molar-refractivity contribution in [3.05, 3.63) is 51.7 Å². The number of ether oxygens (including phenoxy) is 1. The molecule has 0 amide bonds. The highest BCUT2D eigenvalue weighted by atomic mass is 79.9. The third-order valence-corrected chi connectivity index (χ3v) is 3.25. The number of nitriles is 1. The first-order chi connectivity index (χ1) is 9.69. The fourth-order valence-electron chi connectivity index (χ4n) is 1.56. The molecule has 0 unspecified atom stereocenters. The Kier molecular flexibility index (Phi) is 5.22. The average molecular weight is 353 g/mol. The zero-order valence-electron chi connectivity index (χ0n) is 10.4. The van der Waals surface area contributed by atoms with Crippen LogP contribution >= 0.6 is 27.5 Å². The first-order valence-corrected chi connectivity index (χ1v) is 7.00. The van der Waals surface area contributed by atoms with E-state index in [9.17, 15) is 0 Å². The summed E-state index contributed by atoms with van der Waals surface area (Å²) in [6, 6.07) is 11.3. The molecule has 1 N–H and O–H groups in total. The van der Waals surface area contributed by atoms with Crippen LogP contribution in [0.2, 0.25) is 5.15 Å². The van der Waals surface area contributed by atoms with Crippen molar-refractivity contribution < 1.29 is 4.74 Å². The SMILES string of the molecule is N#CCOc1ccc(CNc2cc(Br)cnc2Cl)cc1. The molecular formula is C14H11BrClN3O. The van der Waals surface area contributed by atoms with E-state index in [1.807, 2.05) is 36.4 Å². The van der Waals surface area contributed by atoms with E-state index < -0.39 is 0 Å². The van der Waals surface area contributed by atoms with Gasteiger partial charge >= 0.3 is 0 Å². The third kappa shape index (κ3) is 4.12. The molecule has 0 spiro atoms. The predicted molar refractivity (Wildman–Crippen MR) is 81.8 cm³/mol. The summed E-state index contributed by atoms with van der Waals surface area (Å²) in [5.41, 5.74) is 1.84. The second-order valence-electron chi connectivity index (χ2n) is 3.94. The van der Waals surface area contributed by atoms with Crippen molar-refractivity contribution in [2.75, 3.05) is 11.9 Å². The maximum absolute atomic E-state index is 8.43. The van der Waals surface area contributed by atoms with Crippen LogP contribution in [-0.4, -0.2) is 11.6 Å². The first-order valence-electron chi connectivity index (χ1n) is 5.82. The molecule has 1 aromatic carbocycles. The molecule has 2 aromatic rings. The van der Waals surface area contributed by atoms with E-state index >= 15 is 0 Å². The second kappa shape index (κ2) is 7.13. The molecular weight excluding hydrogens is 342 g/mol. The minimum atomic E-state index is 0.0525. The van der Waals surface area contributed by atoms with Crippen molar-refractivity contribution in [1.82, 2.24) is 4.98 Å². The van der Waals surface area contributed by atoms with Crippen LogP contribution in [0.25, 0.3) is 0 Å². The van der Waals surface area contributed by atoms with Gasteiger partial charge in [-0.15, -0.1) is 0 Å². The quantitative estimate of drug-likeness (QED) is 0.826. The Morgan fingerprint density at radius 2 is 2.10 bits per heavy atom. The van der Waals surface area contributed by atoms with Gasteiger partial charge in [0.1, 0.15) is 11.8 Å². The topological polar surface area (TPSA) is 57.9 Å². The number of hydrogen-bond acceptors (Lipinski definition) is 4. The maximum atomic E-state index is 8.43. The van der Waals surface area contributed by atoms with Crippen molar-refractivity contribution >= 4 is 33.2 Å². The summed E-state index contributed by atoms with van der Waals surface area (Å²) in [4.78, 5) is 4.04. The highest BCUT2D eigenvalue weighted by Gasteiger charge is 2.02. The number of hydrogen-bond donors (Lipinski definition) is 1. The monoisotopic (exact) mass is 351 g/mol. The molecule has 0 aliphatic rings. The fourth-order valence-corrected chi connectivity index (χ4v) is 2.06. The summed E-state index contributed by atoms with van der Waals surface area (Å²) in [6.07, 6.45) is 1.65. The number of halogens is 2. The van der Waals surface area contributed by atoms with Gasteiger partial charge in [0.2, 0.25) is 0 Å². The van der Waals surface area contributed by atoms with Crippen LogP contribution in [0.4, 0.5) is 5.69 Å². The summed E-state index contributed by atoms with van der Waals surface area (Å²) < 4.78 is 6.05. The Bertz CT molecular complexity index is 625. The molecule has 1 aromatic heterocycles. The third-order valence-electron chi connectivity index (χ3n) is 2.52. The number of benzene rings is 1. The van der Waals surface area contributed by atoms with Gasteiger partial charge in [-0.2, -0.15) is 5.26 Å². The van der Waals surface area contributed by atoms with E-state index in [4.69, 9.17) is 21.6 Å². The van der Waals surface area contributed by atoms with Gasteiger partial charge in [0.25, 0.3) is 0 Å². The van der Waals surface area contributed by atoms with Crippen LogP contribution in [0.5, 0.6) is 5.75 Å². The lowest BCUT2D eigenvalue weighted by molar-refractivity contribution is 0.368. The molecule has 20 heavy (non-hydrogen) atoms. The predicted octanol–water partition coefficient (Wildman–Crippen LogP) is 4.01. The summed E-state index contributed by atoms with van der Waals surface area (Å²) in [7, 11) is 0. The summed E-state index contributed by atoms with van der Waals surface area (Å²) >= 11 is 9.35. The van der Waals surface area contributed by atoms with E-state index in [1.165, 1.54) is 0 Å². The minimum Gasteiger partial charge on any atom is -0.479 e. The van der Waals surface area contributed by atoms with Gasteiger partial charge in [0.15, 0.2) is 11.8 Å². The smallest absolute Gasteiger partial charge is 0.174 e. The Morgan fingerprint density at radius 3 is 2.80 bits per heavy atom. The van der Waals surface area contributed by atoms with Gasteiger partial charge in [-0.1, -0.05) is 23.7 Å². The lowest BCUT2D eigenvalue weighted by Crippen LogP contribution is -2.01. The van der Waals surface area contributed by atoms with E-state index in [-0.39, 0.29) is 6.61 Å². The zero-order valence-corrected chi connectivity index (χ0v) is 12.8. The van der Waals surface area contributed by atoms with E-state index in [1.54, 1.807) is 6.20 Å². The molecule has 0 fully saturated rings. The van der Waals surface area contributed by atoms with Gasteiger partial charge in [0.05, 0.1) is 5.69 Å². The Morgan fingerprint density at radius 1 is 1.35 bits per heavy atom. The molecule has 102 valence electrons. The highest BCUT2D eigenvalue weighted by molar-refractivity contribution is 9.10. The molecule has 0 saturated carbocycles. The van der Waals surface area contributed by atoms with E-state index in [0.717, 1.165) is 15.7 Å². The molecule has 6 heteroatoms. The molecule has 2 rings (SSSR count). The summed E-state index contributed by atoms with van der Waals surface area (Å²) in [5.74, 6) is 0.678. The van der Waals surface area contributed by atoms with Crippen LogP contribution in [0.15, 0.2) is 41.0 Å². The zero-order chi connectivity index (χ0) is 14.4. The Balaban J connectivity index is 1.97. The molecule has 0 saturated heterocycles. The largest absolute Gasteiger partial charge is 0.479 e. The number of nitrogens with one attached hydrogen (secondary N) is 1. The standard InChI is InChI=1S/C14H11BrClN3O/c15-11-7-13(14(16)19-9-11)18-8-10-1-3-12(4-2-10)20-6-5-17/h1-4,7,9,18H,6,8H2. The van der Waals surface area contributed by atoms with Gasteiger partial charge < -0.3 is 10.1 Å². The second-order valence-corrected chi connectivity index (χ2v) is 5.21. The fraction of sp³-hybridized carbons (Fsp3) is 0.143. The lowest BCUT2D eigenvalue weighted by Gasteiger charge is -2.09. The van der Waals surface area contributed by atoms with Crippen molar-refractivity contribution in [2.45, 2.75) is 6.54 Å². The van der Waals surface area contributed by atoms with Gasteiger partial charge in [-0.25, -0.2) is 4.98 Å². The van der Waals surface area contributed by atoms with Crippen molar-refractivity contribution in [3.8, 4) is 11.8 Å². The van der Waals surface area contributed by atoms with Crippen molar-refractivity contribution in [2.24, 2.45) is 0 Å². The lowest BCUT2D eigenvalue weighted by atomic mass is 10.2. The Hall–Kier alpha value is -1.77. The molecule has 0 bridgehead atoms. The molecule has 0 radical (unpaired) electrons. The van der Waals surface area contributed by atoms with Gasteiger partial charge in [-0.3, -0.25) is 0 Å². The highest BCUT2D eigenvalue weighted by Crippen LogP contribution is 2.23. The van der Waals surface area contributed by atoms with Crippen LogP contribution in [0, 0.1) is 11.3 Å². The van der Waals surface area contributed by atoms with Gasteiger partial charge in [-0.05, 0) is 39.7 Å². The number of nitrogens with zero attached hydrogens (tertiary/aromatic N) is 2. The van der Waals surface area contributed by atoms with Crippen LogP contribution in [0.3, 0.4) is 0 Å². The first kappa shape index (κ1) is 14.6. The summed E-state index contributed by atoms with van der Waals surface area (Å²) in [6.45, 7) is 0.674. The number of pyridine rings is 1. The van der Waals surface area contributed by atoms with Crippen molar-refractivity contribution in [3.63, 3.8) is 0 Å². The summed E-state index contributed by atoms with van der Waals surface area (Å²) in [5, 5.41) is 12.1. The number of anilines is 1. The molecule has 0 aliphatic heterocycles. The average Bonchev–Trinajstić information content (AvgIpc) is 2.47. The van der Waals surface area contributed by atoms with Crippen LogP contribution in [-0.2, 0) is 6.54 Å². The van der Waals surface area contributed by atoms with Crippen molar-refractivity contribution in [1.29, 1.82) is 5.26 Å². The number of rotatable bonds is 5.